The fourth-order valence-corrected chi connectivity index (χ4v) is 1.86. The molecule has 1 aliphatic rings. The van der Waals surface area contributed by atoms with Crippen molar-refractivity contribution in [3.8, 4) is 0 Å². The van der Waals surface area contributed by atoms with Gasteiger partial charge in [-0.25, -0.2) is 0 Å². The molecule has 0 aromatic carbocycles. The Kier molecular flexibility index (Phi) is 3.30. The lowest BCUT2D eigenvalue weighted by Crippen LogP contribution is -2.55. The second-order valence-electron chi connectivity index (χ2n) is 4.01. The van der Waals surface area contributed by atoms with Crippen LogP contribution >= 0.6 is 0 Å². The van der Waals surface area contributed by atoms with E-state index >= 15 is 0 Å². The molecule has 1 unspecified atom stereocenters. The predicted molar refractivity (Wildman–Crippen MR) is 60.2 cm³/mol. The second-order valence-corrected chi connectivity index (χ2v) is 4.01. The van der Waals surface area contributed by atoms with Gasteiger partial charge in [-0.15, -0.1) is 0 Å². The molecule has 0 saturated carbocycles. The summed E-state index contributed by atoms with van der Waals surface area (Å²) < 4.78 is 0. The van der Waals surface area contributed by atoms with E-state index in [0.717, 1.165) is 37.6 Å². The SMILES string of the molecule is Cc1cccc(CN2CCNCC2N)n1. The number of pyridine rings is 1. The lowest BCUT2D eigenvalue weighted by atomic mass is 10.2. The van der Waals surface area contributed by atoms with Gasteiger partial charge in [0.05, 0.1) is 11.9 Å². The van der Waals surface area contributed by atoms with Gasteiger partial charge in [-0.05, 0) is 19.1 Å². The summed E-state index contributed by atoms with van der Waals surface area (Å²) in [5, 5.41) is 3.27. The van der Waals surface area contributed by atoms with E-state index in [9.17, 15) is 0 Å². The molecule has 1 fully saturated rings. The van der Waals surface area contributed by atoms with Gasteiger partial charge in [0.1, 0.15) is 0 Å². The lowest BCUT2D eigenvalue weighted by molar-refractivity contribution is 0.155. The van der Waals surface area contributed by atoms with Crippen molar-refractivity contribution in [2.75, 3.05) is 19.6 Å². The van der Waals surface area contributed by atoms with Crippen LogP contribution in [0.25, 0.3) is 0 Å². The van der Waals surface area contributed by atoms with E-state index in [2.05, 4.69) is 21.3 Å². The molecule has 3 N–H and O–H groups in total. The third-order valence-corrected chi connectivity index (χ3v) is 2.71. The number of rotatable bonds is 2. The topological polar surface area (TPSA) is 54.2 Å². The average molecular weight is 206 g/mol. The fourth-order valence-electron chi connectivity index (χ4n) is 1.86. The average Bonchev–Trinajstić information content (AvgIpc) is 2.22. The van der Waals surface area contributed by atoms with Crippen LogP contribution in [-0.4, -0.2) is 35.7 Å². The van der Waals surface area contributed by atoms with E-state index in [1.54, 1.807) is 0 Å². The molecule has 2 rings (SSSR count). The number of hydrogen-bond acceptors (Lipinski definition) is 4. The minimum absolute atomic E-state index is 0.112. The highest BCUT2D eigenvalue weighted by Crippen LogP contribution is 2.06. The van der Waals surface area contributed by atoms with E-state index in [1.165, 1.54) is 0 Å². The zero-order valence-corrected chi connectivity index (χ0v) is 9.11. The minimum Gasteiger partial charge on any atom is -0.315 e. The van der Waals surface area contributed by atoms with Crippen molar-refractivity contribution in [2.45, 2.75) is 19.6 Å². The number of hydrogen-bond donors (Lipinski definition) is 2. The van der Waals surface area contributed by atoms with Gasteiger partial charge < -0.3 is 11.1 Å². The molecule has 1 aliphatic heterocycles. The zero-order chi connectivity index (χ0) is 10.7. The smallest absolute Gasteiger partial charge is 0.0704 e. The molecule has 1 aromatic heterocycles. The number of nitrogens with zero attached hydrogens (tertiary/aromatic N) is 2. The molecule has 0 amide bonds. The van der Waals surface area contributed by atoms with Gasteiger partial charge in [0.15, 0.2) is 0 Å². The molecule has 0 radical (unpaired) electrons. The van der Waals surface area contributed by atoms with Gasteiger partial charge in [-0.1, -0.05) is 6.07 Å². The number of aromatic nitrogens is 1. The largest absolute Gasteiger partial charge is 0.315 e. The Morgan fingerprint density at radius 2 is 2.47 bits per heavy atom. The van der Waals surface area contributed by atoms with Crippen LogP contribution in [0.15, 0.2) is 18.2 Å². The summed E-state index contributed by atoms with van der Waals surface area (Å²) >= 11 is 0. The highest BCUT2D eigenvalue weighted by Gasteiger charge is 2.18. The number of piperazine rings is 1. The summed E-state index contributed by atoms with van der Waals surface area (Å²) in [5.41, 5.74) is 8.17. The van der Waals surface area contributed by atoms with Crippen molar-refractivity contribution in [1.82, 2.24) is 15.2 Å². The normalized spacial score (nSPS) is 22.9. The molecule has 0 bridgehead atoms. The summed E-state index contributed by atoms with van der Waals surface area (Å²) in [4.78, 5) is 6.75. The second kappa shape index (κ2) is 4.70. The Bertz CT molecular complexity index is 326. The molecule has 0 spiro atoms. The third-order valence-electron chi connectivity index (χ3n) is 2.71. The summed E-state index contributed by atoms with van der Waals surface area (Å²) in [7, 11) is 0. The maximum atomic E-state index is 6.00. The molecule has 1 aromatic rings. The van der Waals surface area contributed by atoms with Gasteiger partial charge in [0.2, 0.25) is 0 Å². The molecule has 15 heavy (non-hydrogen) atoms. The van der Waals surface area contributed by atoms with E-state index in [-0.39, 0.29) is 6.17 Å². The molecule has 4 heteroatoms. The number of aryl methyl sites for hydroxylation is 1. The number of nitrogens with two attached hydrogens (primary N) is 1. The first-order valence-corrected chi connectivity index (χ1v) is 5.38. The van der Waals surface area contributed by atoms with Crippen molar-refractivity contribution in [3.05, 3.63) is 29.6 Å². The van der Waals surface area contributed by atoms with Crippen molar-refractivity contribution in [2.24, 2.45) is 5.73 Å². The van der Waals surface area contributed by atoms with Crippen LogP contribution in [0.5, 0.6) is 0 Å². The molecule has 2 heterocycles. The molecular weight excluding hydrogens is 188 g/mol. The fraction of sp³-hybridized carbons (Fsp3) is 0.545. The van der Waals surface area contributed by atoms with E-state index in [0.29, 0.717) is 0 Å². The summed E-state index contributed by atoms with van der Waals surface area (Å²) in [6, 6.07) is 6.12. The Hall–Kier alpha value is -0.970. The van der Waals surface area contributed by atoms with E-state index < -0.39 is 0 Å². The summed E-state index contributed by atoms with van der Waals surface area (Å²) in [6.07, 6.45) is 0.112. The maximum Gasteiger partial charge on any atom is 0.0704 e. The monoisotopic (exact) mass is 206 g/mol. The van der Waals surface area contributed by atoms with Gasteiger partial charge in [-0.2, -0.15) is 0 Å². The van der Waals surface area contributed by atoms with Crippen molar-refractivity contribution in [1.29, 1.82) is 0 Å². The van der Waals surface area contributed by atoms with Crippen LogP contribution < -0.4 is 11.1 Å². The van der Waals surface area contributed by atoms with E-state index in [4.69, 9.17) is 5.73 Å². The third kappa shape index (κ3) is 2.75. The predicted octanol–water partition coefficient (Wildman–Crippen LogP) is 0.0800. The Morgan fingerprint density at radius 1 is 1.60 bits per heavy atom. The molecule has 4 nitrogen and oxygen atoms in total. The highest BCUT2D eigenvalue weighted by molar-refractivity contribution is 5.10. The summed E-state index contributed by atoms with van der Waals surface area (Å²) in [6.45, 7) is 5.74. The van der Waals surface area contributed by atoms with Crippen LogP contribution in [-0.2, 0) is 6.54 Å². The van der Waals surface area contributed by atoms with Crippen LogP contribution in [0.1, 0.15) is 11.4 Å². The molecule has 0 aliphatic carbocycles. The van der Waals surface area contributed by atoms with Crippen molar-refractivity contribution in [3.63, 3.8) is 0 Å². The first-order chi connectivity index (χ1) is 7.25. The number of nitrogens with one attached hydrogen (secondary N) is 1. The van der Waals surface area contributed by atoms with E-state index in [1.807, 2.05) is 19.1 Å². The van der Waals surface area contributed by atoms with Gasteiger partial charge >= 0.3 is 0 Å². The van der Waals surface area contributed by atoms with Crippen LogP contribution in [0.3, 0.4) is 0 Å². The van der Waals surface area contributed by atoms with Gasteiger partial charge in [0, 0.05) is 31.9 Å². The van der Waals surface area contributed by atoms with Crippen LogP contribution in [0.2, 0.25) is 0 Å². The Morgan fingerprint density at radius 3 is 3.20 bits per heavy atom. The van der Waals surface area contributed by atoms with Crippen molar-refractivity contribution >= 4 is 0 Å². The highest BCUT2D eigenvalue weighted by atomic mass is 15.3. The quantitative estimate of drug-likeness (QED) is 0.719. The first-order valence-electron chi connectivity index (χ1n) is 5.38. The molecule has 1 atom stereocenters. The van der Waals surface area contributed by atoms with Crippen molar-refractivity contribution < 1.29 is 0 Å². The van der Waals surface area contributed by atoms with Crippen LogP contribution in [0, 0.1) is 6.92 Å². The minimum atomic E-state index is 0.112. The molecular formula is C11H18N4. The summed E-state index contributed by atoms with van der Waals surface area (Å²) in [5.74, 6) is 0. The Labute approximate surface area is 90.5 Å². The molecule has 82 valence electrons. The zero-order valence-electron chi connectivity index (χ0n) is 9.11. The lowest BCUT2D eigenvalue weighted by Gasteiger charge is -2.33. The Balaban J connectivity index is 2.01. The standard InChI is InChI=1S/C11H18N4/c1-9-3-2-4-10(14-9)8-15-6-5-13-7-11(15)12/h2-4,11,13H,5-8,12H2,1H3. The first kappa shape index (κ1) is 10.5. The van der Waals surface area contributed by atoms with Gasteiger partial charge in [0.25, 0.3) is 0 Å². The van der Waals surface area contributed by atoms with Gasteiger partial charge in [-0.3, -0.25) is 9.88 Å². The maximum absolute atomic E-state index is 6.00. The van der Waals surface area contributed by atoms with Crippen LogP contribution in [0.4, 0.5) is 0 Å². The molecule has 1 saturated heterocycles.